The first-order valence-electron chi connectivity index (χ1n) is 43.0. The first kappa shape index (κ1) is 70.9. The van der Waals surface area contributed by atoms with Crippen molar-refractivity contribution in [1.82, 2.24) is 28.2 Å². The zero-order valence-electron chi connectivity index (χ0n) is 68.1. The molecular weight excluding hydrogens is 1530 g/mol. The first-order valence-corrected chi connectivity index (χ1v) is 43.0. The highest BCUT2D eigenvalue weighted by Gasteiger charge is 2.28. The summed E-state index contributed by atoms with van der Waals surface area (Å²) in [5.74, 6) is 0. The Hall–Kier alpha value is -16.9. The molecule has 0 spiro atoms. The molecule has 8 heteroatoms. The Balaban J connectivity index is 0.672. The monoisotopic (exact) mass is 1600 g/mol. The molecule has 0 atom stereocenters. The van der Waals surface area contributed by atoms with Crippen LogP contribution in [0, 0.1) is 0 Å². The smallest absolute Gasteiger partial charge is 0.159 e. The fraction of sp³-hybridized carbons (Fsp3) is 0. The maximum atomic E-state index is 7.49. The highest BCUT2D eigenvalue weighted by molar-refractivity contribution is 6.21. The van der Waals surface area contributed by atoms with E-state index in [9.17, 15) is 0 Å². The molecule has 0 aliphatic heterocycles. The molecule has 0 aliphatic rings. The van der Waals surface area contributed by atoms with Gasteiger partial charge in [0.05, 0.1) is 66.9 Å². The third-order valence-corrected chi connectivity index (χ3v) is 26.1. The fourth-order valence-corrected chi connectivity index (χ4v) is 20.2. The summed E-state index contributed by atoms with van der Waals surface area (Å²) in [5, 5.41) is 13.2. The van der Waals surface area contributed by atoms with Crippen LogP contribution in [0.2, 0.25) is 0 Å². The van der Waals surface area contributed by atoms with Gasteiger partial charge in [0.1, 0.15) is 11.2 Å². The standard InChI is InChI=1S/C118H72N6O2/c1-3-22-73(23-4-1)75-42-46-77(47-43-75)79-26-19-28-81(62-79)83-54-59-115-98(64-83)100-69-88(121-108-56-51-86(102-35-15-17-60-119-102)66-96(108)97-67-87(52-57-109(97)121)103-36-16-18-61-120-103)71-113(118(100)126-115)124-107-40-14-10-33-95(107)116-90(34-21-41-110(116)124)85-50-55-94-93-32-7-11-37-104(93)122(111(94)68-85)89-70-101-99-65-84(82-29-20-27-80(63-82)78-48-44-76(45-49-78)74-24-5-2-6-25-74)53-58-114(99)125-117(101)112(72-89)123-105-38-12-8-30-91(105)92-31-9-13-39-106(92)123/h1-72H. The van der Waals surface area contributed by atoms with Gasteiger partial charge in [0, 0.05) is 99.5 Å². The molecule has 0 aliphatic carbocycles. The van der Waals surface area contributed by atoms with Gasteiger partial charge in [0.15, 0.2) is 11.2 Å². The zero-order chi connectivity index (χ0) is 82.6. The molecule has 26 aromatic rings. The van der Waals surface area contributed by atoms with Crippen molar-refractivity contribution in [2.75, 3.05) is 0 Å². The fourth-order valence-electron chi connectivity index (χ4n) is 20.2. The highest BCUT2D eigenvalue weighted by atomic mass is 16.3. The SMILES string of the molecule is c1ccc(-c2ccc(-c3cccc(-c4ccc5oc6c(-n7c8ccccc8c8ccccc87)cc(-n7c8ccccc8c8ccc(-c9cccc%10c9c9ccccc9n%10-c9cc(-n%10c%11ccc(-c%12ccccn%12)cc%11c%11cc(-c%12ccccn%12)ccc%11%10)cc%10c9oc9ccc(-c%11cccc(-c%12ccc(-c%13ccccc%13)cc%12)c%11)cc9%10)cc87)cc6c5c4)c3)cc2)cc1. The number of para-hydroxylation sites is 4. The molecule has 0 unspecified atom stereocenters. The lowest BCUT2D eigenvalue weighted by Gasteiger charge is -2.15. The van der Waals surface area contributed by atoms with E-state index in [0.717, 1.165) is 221 Å². The minimum atomic E-state index is 0.780. The molecule has 0 saturated heterocycles. The molecule has 26 rings (SSSR count). The maximum absolute atomic E-state index is 7.49. The van der Waals surface area contributed by atoms with Gasteiger partial charge in [-0.3, -0.25) is 9.97 Å². The van der Waals surface area contributed by atoms with Crippen molar-refractivity contribution in [1.29, 1.82) is 0 Å². The second-order valence-electron chi connectivity index (χ2n) is 33.1. The minimum absolute atomic E-state index is 0.780. The van der Waals surface area contributed by atoms with Crippen molar-refractivity contribution in [3.8, 4) is 123 Å². The molecule has 0 fully saturated rings. The molecule has 0 N–H and O–H groups in total. The molecule has 8 aromatic heterocycles. The summed E-state index contributed by atoms with van der Waals surface area (Å²) in [6, 6.07) is 155. The van der Waals surface area contributed by atoms with Crippen molar-refractivity contribution in [2.24, 2.45) is 0 Å². The van der Waals surface area contributed by atoms with Crippen LogP contribution in [0.4, 0.5) is 0 Å². The number of hydrogen-bond acceptors (Lipinski definition) is 4. The maximum Gasteiger partial charge on any atom is 0.159 e. The summed E-state index contributed by atoms with van der Waals surface area (Å²) < 4.78 is 24.6. The van der Waals surface area contributed by atoms with Crippen LogP contribution in [0.25, 0.3) is 254 Å². The molecule has 18 aromatic carbocycles. The lowest BCUT2D eigenvalue weighted by molar-refractivity contribution is 0.666. The van der Waals surface area contributed by atoms with Gasteiger partial charge in [0.25, 0.3) is 0 Å². The number of fused-ring (bicyclic) bond motifs is 18. The summed E-state index contributed by atoms with van der Waals surface area (Å²) >= 11 is 0. The number of hydrogen-bond donors (Lipinski definition) is 0. The summed E-state index contributed by atoms with van der Waals surface area (Å²) in [4.78, 5) is 9.74. The molecular formula is C118H72N6O2. The Morgan fingerprint density at radius 1 is 0.175 bits per heavy atom. The average molecular weight is 1610 g/mol. The van der Waals surface area contributed by atoms with Crippen molar-refractivity contribution in [3.63, 3.8) is 0 Å². The summed E-state index contributed by atoms with van der Waals surface area (Å²) in [6.07, 6.45) is 3.74. The molecule has 0 bridgehead atoms. The van der Waals surface area contributed by atoms with E-state index < -0.39 is 0 Å². The van der Waals surface area contributed by atoms with E-state index in [1.807, 2.05) is 24.5 Å². The van der Waals surface area contributed by atoms with Crippen LogP contribution >= 0.6 is 0 Å². The van der Waals surface area contributed by atoms with Crippen LogP contribution in [0.15, 0.2) is 446 Å². The van der Waals surface area contributed by atoms with E-state index in [4.69, 9.17) is 18.8 Å². The van der Waals surface area contributed by atoms with Crippen molar-refractivity contribution < 1.29 is 8.83 Å². The number of furan rings is 2. The average Bonchev–Trinajstić information content (AvgIpc) is 1.55. The van der Waals surface area contributed by atoms with Gasteiger partial charge < -0.3 is 27.1 Å². The van der Waals surface area contributed by atoms with Gasteiger partial charge in [-0.1, -0.05) is 279 Å². The third-order valence-electron chi connectivity index (χ3n) is 26.1. The van der Waals surface area contributed by atoms with Gasteiger partial charge in [-0.25, -0.2) is 0 Å². The second-order valence-corrected chi connectivity index (χ2v) is 33.1. The zero-order valence-corrected chi connectivity index (χ0v) is 68.1. The van der Waals surface area contributed by atoms with E-state index in [-0.39, 0.29) is 0 Å². The summed E-state index contributed by atoms with van der Waals surface area (Å²) in [5.41, 5.74) is 35.6. The lowest BCUT2D eigenvalue weighted by atomic mass is 9.96. The number of pyridine rings is 2. The Morgan fingerprint density at radius 3 is 0.992 bits per heavy atom. The Morgan fingerprint density at radius 2 is 0.508 bits per heavy atom. The predicted octanol–water partition coefficient (Wildman–Crippen LogP) is 31.7. The van der Waals surface area contributed by atoms with Crippen molar-refractivity contribution in [2.45, 2.75) is 0 Å². The Bertz CT molecular complexity index is 8790. The largest absolute Gasteiger partial charge is 0.454 e. The second kappa shape index (κ2) is 28.3. The van der Waals surface area contributed by atoms with Gasteiger partial charge in [-0.05, 0) is 223 Å². The van der Waals surface area contributed by atoms with Crippen LogP contribution in [0.3, 0.4) is 0 Å². The summed E-state index contributed by atoms with van der Waals surface area (Å²) in [7, 11) is 0. The number of rotatable bonds is 13. The predicted molar refractivity (Wildman–Crippen MR) is 523 cm³/mol. The topological polar surface area (TPSA) is 71.8 Å². The van der Waals surface area contributed by atoms with Gasteiger partial charge in [-0.15, -0.1) is 0 Å². The minimum Gasteiger partial charge on any atom is -0.454 e. The highest BCUT2D eigenvalue weighted by Crippen LogP contribution is 2.49. The van der Waals surface area contributed by atoms with Crippen LogP contribution in [-0.4, -0.2) is 28.2 Å². The number of aromatic nitrogens is 6. The van der Waals surface area contributed by atoms with E-state index in [0.29, 0.717) is 0 Å². The van der Waals surface area contributed by atoms with Gasteiger partial charge in [0.2, 0.25) is 0 Å². The van der Waals surface area contributed by atoms with Crippen LogP contribution in [0.1, 0.15) is 0 Å². The van der Waals surface area contributed by atoms with Crippen LogP contribution in [-0.2, 0) is 0 Å². The van der Waals surface area contributed by atoms with E-state index >= 15 is 0 Å². The molecule has 8 heterocycles. The van der Waals surface area contributed by atoms with Crippen LogP contribution in [0.5, 0.6) is 0 Å². The van der Waals surface area contributed by atoms with E-state index in [1.54, 1.807) is 0 Å². The molecule has 126 heavy (non-hydrogen) atoms. The Kier molecular flexibility index (Phi) is 15.9. The van der Waals surface area contributed by atoms with E-state index in [2.05, 4.69) is 431 Å². The first-order chi connectivity index (χ1) is 62.4. The molecule has 0 amide bonds. The number of benzene rings is 18. The lowest BCUT2D eigenvalue weighted by Crippen LogP contribution is -2.00. The van der Waals surface area contributed by atoms with Gasteiger partial charge in [-0.2, -0.15) is 0 Å². The van der Waals surface area contributed by atoms with E-state index in [1.165, 1.54) is 33.0 Å². The van der Waals surface area contributed by atoms with Crippen molar-refractivity contribution >= 4 is 131 Å². The molecule has 8 nitrogen and oxygen atoms in total. The molecule has 0 saturated carbocycles. The van der Waals surface area contributed by atoms with Gasteiger partial charge >= 0.3 is 0 Å². The molecule has 0 radical (unpaired) electrons. The molecule has 586 valence electrons. The number of nitrogens with zero attached hydrogens (tertiary/aromatic N) is 6. The normalized spacial score (nSPS) is 12.0. The summed E-state index contributed by atoms with van der Waals surface area (Å²) in [6.45, 7) is 0. The van der Waals surface area contributed by atoms with Crippen molar-refractivity contribution in [3.05, 3.63) is 437 Å². The van der Waals surface area contributed by atoms with Crippen LogP contribution < -0.4 is 0 Å². The third kappa shape index (κ3) is 11.3. The Labute approximate surface area is 723 Å². The quantitative estimate of drug-likeness (QED) is 0.115.